The summed E-state index contributed by atoms with van der Waals surface area (Å²) in [6.07, 6.45) is 1.00. The summed E-state index contributed by atoms with van der Waals surface area (Å²) in [6, 6.07) is 8.36. The van der Waals surface area contributed by atoms with E-state index in [1.165, 1.54) is 12.1 Å². The summed E-state index contributed by atoms with van der Waals surface area (Å²) < 4.78 is 5.44. The van der Waals surface area contributed by atoms with Gasteiger partial charge in [0.05, 0.1) is 24.9 Å². The van der Waals surface area contributed by atoms with E-state index in [0.717, 1.165) is 30.1 Å². The molecule has 0 saturated heterocycles. The maximum Gasteiger partial charge on any atom is 0.185 e. The van der Waals surface area contributed by atoms with Gasteiger partial charge in [0.2, 0.25) is 0 Å². The average molecular weight is 446 g/mol. The van der Waals surface area contributed by atoms with E-state index in [2.05, 4.69) is 22.5 Å². The molecule has 0 spiro atoms. The van der Waals surface area contributed by atoms with Crippen LogP contribution in [0.3, 0.4) is 0 Å². The summed E-state index contributed by atoms with van der Waals surface area (Å²) in [5.74, 6) is 0.155. The maximum absolute atomic E-state index is 12.6. The van der Waals surface area contributed by atoms with E-state index < -0.39 is 0 Å². The van der Waals surface area contributed by atoms with Gasteiger partial charge in [0.15, 0.2) is 10.9 Å². The molecule has 0 radical (unpaired) electrons. The zero-order valence-electron chi connectivity index (χ0n) is 18.7. The first kappa shape index (κ1) is 24.3. The number of carbonyl (C=O) groups is 1. The lowest BCUT2D eigenvalue weighted by atomic mass is 9.97. The number of phenols is 2. The molecule has 31 heavy (non-hydrogen) atoms. The topological polar surface area (TPSA) is 94.1 Å². The molecule has 4 N–H and O–H groups in total. The molecular weight excluding hydrogens is 414 g/mol. The van der Waals surface area contributed by atoms with Gasteiger partial charge in [-0.15, -0.1) is 0 Å². The molecule has 2 aromatic carbocycles. The number of phenolic OH excluding ortho intramolecular Hbond substituents is 2. The summed E-state index contributed by atoms with van der Waals surface area (Å²) in [5, 5.41) is 26.3. The molecule has 7 nitrogen and oxygen atoms in total. The number of Topliss-reactive ketones (excluding diaryl/α,β-unsaturated/α-hetero) is 1. The van der Waals surface area contributed by atoms with Crippen molar-refractivity contribution >= 4 is 34.5 Å². The van der Waals surface area contributed by atoms with Gasteiger partial charge in [-0.05, 0) is 54.4 Å². The number of hydrogen-bond acceptors (Lipinski definition) is 6. The molecule has 0 heterocycles. The highest BCUT2D eigenvalue weighted by Crippen LogP contribution is 2.33. The lowest BCUT2D eigenvalue weighted by molar-refractivity contribution is 0.0994. The van der Waals surface area contributed by atoms with Gasteiger partial charge in [0.25, 0.3) is 0 Å². The van der Waals surface area contributed by atoms with Gasteiger partial charge in [-0.1, -0.05) is 20.8 Å². The number of thiocarbonyl (C=S) groups is 1. The van der Waals surface area contributed by atoms with Gasteiger partial charge in [-0.25, -0.2) is 0 Å². The van der Waals surface area contributed by atoms with Crippen molar-refractivity contribution in [3.8, 4) is 17.2 Å². The SMILES string of the molecule is CCCN(C)c1cc(NC(=S)NCC(=O)c2cc(C(C)C)c(O)cc2O)ccc1OC. The van der Waals surface area contributed by atoms with Crippen molar-refractivity contribution in [3.63, 3.8) is 0 Å². The third kappa shape index (κ3) is 6.24. The number of rotatable bonds is 9. The van der Waals surface area contributed by atoms with Crippen LogP contribution in [0.1, 0.15) is 49.0 Å². The van der Waals surface area contributed by atoms with Crippen molar-refractivity contribution in [2.45, 2.75) is 33.1 Å². The average Bonchev–Trinajstić information content (AvgIpc) is 2.72. The van der Waals surface area contributed by atoms with Crippen molar-refractivity contribution in [3.05, 3.63) is 41.5 Å². The van der Waals surface area contributed by atoms with Crippen molar-refractivity contribution in [2.75, 3.05) is 37.5 Å². The first-order valence-corrected chi connectivity index (χ1v) is 10.6. The van der Waals surface area contributed by atoms with Crippen LogP contribution in [-0.4, -0.2) is 48.4 Å². The van der Waals surface area contributed by atoms with E-state index in [0.29, 0.717) is 5.56 Å². The first-order chi connectivity index (χ1) is 14.7. The Morgan fingerprint density at radius 2 is 1.90 bits per heavy atom. The summed E-state index contributed by atoms with van der Waals surface area (Å²) >= 11 is 5.32. The van der Waals surface area contributed by atoms with E-state index >= 15 is 0 Å². The number of ketones is 1. The normalized spacial score (nSPS) is 10.6. The number of nitrogens with one attached hydrogen (secondary N) is 2. The van der Waals surface area contributed by atoms with E-state index in [1.807, 2.05) is 39.1 Å². The second kappa shape index (κ2) is 10.9. The summed E-state index contributed by atoms with van der Waals surface area (Å²) in [6.45, 7) is 6.69. The predicted molar refractivity (Wildman–Crippen MR) is 129 cm³/mol. The fourth-order valence-electron chi connectivity index (χ4n) is 3.23. The quantitative estimate of drug-likeness (QED) is 0.336. The lowest BCUT2D eigenvalue weighted by Gasteiger charge is -2.22. The predicted octanol–water partition coefficient (Wildman–Crippen LogP) is 4.25. The van der Waals surface area contributed by atoms with Crippen LogP contribution in [-0.2, 0) is 0 Å². The van der Waals surface area contributed by atoms with Crippen LogP contribution >= 0.6 is 12.2 Å². The number of anilines is 2. The Kier molecular flexibility index (Phi) is 8.50. The summed E-state index contributed by atoms with van der Waals surface area (Å²) in [4.78, 5) is 14.7. The number of hydrogen-bond donors (Lipinski definition) is 4. The molecule has 0 aromatic heterocycles. The maximum atomic E-state index is 12.6. The molecule has 0 amide bonds. The fourth-order valence-corrected chi connectivity index (χ4v) is 3.42. The van der Waals surface area contributed by atoms with E-state index in [9.17, 15) is 15.0 Å². The number of benzene rings is 2. The molecule has 2 rings (SSSR count). The Bertz CT molecular complexity index is 947. The van der Waals surface area contributed by atoms with Crippen molar-refractivity contribution < 1.29 is 19.7 Å². The van der Waals surface area contributed by atoms with Crippen LogP contribution in [0.2, 0.25) is 0 Å². The van der Waals surface area contributed by atoms with Gasteiger partial charge in [-0.3, -0.25) is 4.79 Å². The standard InChI is InChI=1S/C23H31N3O4S/c1-6-9-26(4)18-10-15(7-8-22(18)30-5)25-23(31)24-13-21(29)17-11-16(14(2)3)19(27)12-20(17)28/h7-8,10-12,14,27-28H,6,9,13H2,1-5H3,(H2,24,25,31). The molecular formula is C23H31N3O4S. The highest BCUT2D eigenvalue weighted by atomic mass is 32.1. The number of aromatic hydroxyl groups is 2. The van der Waals surface area contributed by atoms with Gasteiger partial charge in [0, 0.05) is 25.3 Å². The monoisotopic (exact) mass is 445 g/mol. The molecule has 0 unspecified atom stereocenters. The molecule has 2 aromatic rings. The van der Waals surface area contributed by atoms with Crippen LogP contribution < -0.4 is 20.3 Å². The molecule has 168 valence electrons. The van der Waals surface area contributed by atoms with Gasteiger partial charge < -0.3 is 30.5 Å². The molecule has 0 aliphatic carbocycles. The van der Waals surface area contributed by atoms with Crippen molar-refractivity contribution in [1.29, 1.82) is 0 Å². The Morgan fingerprint density at radius 3 is 2.52 bits per heavy atom. The molecule has 0 aliphatic heterocycles. The second-order valence-electron chi connectivity index (χ2n) is 7.62. The molecule has 0 aliphatic rings. The van der Waals surface area contributed by atoms with Crippen molar-refractivity contribution in [1.82, 2.24) is 5.32 Å². The highest BCUT2D eigenvalue weighted by molar-refractivity contribution is 7.80. The van der Waals surface area contributed by atoms with Crippen LogP contribution in [0.5, 0.6) is 17.2 Å². The van der Waals surface area contributed by atoms with Crippen LogP contribution in [0.25, 0.3) is 0 Å². The Balaban J connectivity index is 2.06. The largest absolute Gasteiger partial charge is 0.508 e. The molecule has 0 fully saturated rings. The molecule has 0 bridgehead atoms. The third-order valence-corrected chi connectivity index (χ3v) is 5.13. The molecule has 0 saturated carbocycles. The van der Waals surface area contributed by atoms with Gasteiger partial charge in [0.1, 0.15) is 17.2 Å². The van der Waals surface area contributed by atoms with Gasteiger partial charge in [-0.2, -0.15) is 0 Å². The summed E-state index contributed by atoms with van der Waals surface area (Å²) in [5.41, 5.74) is 2.44. The lowest BCUT2D eigenvalue weighted by Crippen LogP contribution is -2.33. The zero-order chi connectivity index (χ0) is 23.1. The minimum atomic E-state index is -0.332. The van der Waals surface area contributed by atoms with Crippen LogP contribution in [0.4, 0.5) is 11.4 Å². The minimum Gasteiger partial charge on any atom is -0.508 e. The molecule has 0 atom stereocenters. The number of carbonyl (C=O) groups excluding carboxylic acids is 1. The number of nitrogens with zero attached hydrogens (tertiary/aromatic N) is 1. The third-order valence-electron chi connectivity index (χ3n) is 4.88. The Labute approximate surface area is 189 Å². The number of ether oxygens (including phenoxy) is 1. The Hall–Kier alpha value is -3.00. The van der Waals surface area contributed by atoms with Gasteiger partial charge >= 0.3 is 0 Å². The number of methoxy groups -OCH3 is 1. The minimum absolute atomic E-state index is 0.0120. The first-order valence-electron chi connectivity index (χ1n) is 10.2. The Morgan fingerprint density at radius 1 is 1.19 bits per heavy atom. The van der Waals surface area contributed by atoms with Crippen LogP contribution in [0.15, 0.2) is 30.3 Å². The molecule has 8 heteroatoms. The van der Waals surface area contributed by atoms with Crippen LogP contribution in [0, 0.1) is 0 Å². The highest BCUT2D eigenvalue weighted by Gasteiger charge is 2.17. The van der Waals surface area contributed by atoms with Crippen molar-refractivity contribution in [2.24, 2.45) is 0 Å². The smallest absolute Gasteiger partial charge is 0.185 e. The fraction of sp³-hybridized carbons (Fsp3) is 0.391. The van der Waals surface area contributed by atoms with E-state index in [1.54, 1.807) is 7.11 Å². The second-order valence-corrected chi connectivity index (χ2v) is 8.03. The summed E-state index contributed by atoms with van der Waals surface area (Å²) in [7, 11) is 3.63. The van der Waals surface area contributed by atoms with E-state index in [4.69, 9.17) is 17.0 Å². The zero-order valence-corrected chi connectivity index (χ0v) is 19.5. The van der Waals surface area contributed by atoms with E-state index in [-0.39, 0.29) is 40.4 Å².